The molecule has 1 unspecified atom stereocenters. The van der Waals surface area contributed by atoms with E-state index in [2.05, 4.69) is 29.2 Å². The average Bonchev–Trinajstić information content (AvgIpc) is 3.10. The van der Waals surface area contributed by atoms with Gasteiger partial charge in [0, 0.05) is 13.1 Å². The third-order valence-electron chi connectivity index (χ3n) is 5.06. The largest absolute Gasteiger partial charge is 0.395 e. The number of hydrogen-bond donors (Lipinski definition) is 1. The maximum absolute atomic E-state index is 13.0. The lowest BCUT2D eigenvalue weighted by atomic mass is 9.97. The van der Waals surface area contributed by atoms with Gasteiger partial charge in [0.05, 0.1) is 19.2 Å². The van der Waals surface area contributed by atoms with Crippen molar-refractivity contribution in [3.63, 3.8) is 0 Å². The van der Waals surface area contributed by atoms with E-state index in [1.807, 2.05) is 48.3 Å². The van der Waals surface area contributed by atoms with Gasteiger partial charge in [0.15, 0.2) is 0 Å². The van der Waals surface area contributed by atoms with Crippen LogP contribution in [0.25, 0.3) is 0 Å². The Morgan fingerprint density at radius 3 is 2.20 bits per heavy atom. The summed E-state index contributed by atoms with van der Waals surface area (Å²) < 4.78 is 0. The highest BCUT2D eigenvalue weighted by atomic mass is 16.3. The number of likely N-dealkylation sites (tertiary alicyclic amines) is 1. The van der Waals surface area contributed by atoms with Crippen molar-refractivity contribution in [3.05, 3.63) is 71.8 Å². The zero-order chi connectivity index (χ0) is 17.6. The SMILES string of the molecule is CN(C(=O)CN1CCCC1CO)C(c1ccccc1)c1ccccc1. The minimum atomic E-state index is -0.106. The van der Waals surface area contributed by atoms with Crippen LogP contribution < -0.4 is 0 Å². The fourth-order valence-corrected chi connectivity index (χ4v) is 3.65. The predicted molar refractivity (Wildman–Crippen MR) is 99.2 cm³/mol. The lowest BCUT2D eigenvalue weighted by Crippen LogP contribution is -2.43. The molecule has 3 rings (SSSR count). The van der Waals surface area contributed by atoms with Crippen molar-refractivity contribution in [3.8, 4) is 0 Å². The minimum absolute atomic E-state index is 0.0815. The minimum Gasteiger partial charge on any atom is -0.395 e. The molecule has 1 N–H and O–H groups in total. The van der Waals surface area contributed by atoms with E-state index in [9.17, 15) is 9.90 Å². The van der Waals surface area contributed by atoms with E-state index in [-0.39, 0.29) is 24.6 Å². The Hall–Kier alpha value is -2.17. The fourth-order valence-electron chi connectivity index (χ4n) is 3.65. The van der Waals surface area contributed by atoms with E-state index in [4.69, 9.17) is 0 Å². The number of benzene rings is 2. The van der Waals surface area contributed by atoms with Crippen LogP contribution in [0.3, 0.4) is 0 Å². The Labute approximate surface area is 149 Å². The summed E-state index contributed by atoms with van der Waals surface area (Å²) in [6, 6.07) is 20.3. The summed E-state index contributed by atoms with van der Waals surface area (Å²) in [5, 5.41) is 9.49. The van der Waals surface area contributed by atoms with Crippen LogP contribution in [-0.4, -0.2) is 53.6 Å². The van der Waals surface area contributed by atoms with Crippen molar-refractivity contribution in [1.82, 2.24) is 9.80 Å². The van der Waals surface area contributed by atoms with E-state index in [0.717, 1.165) is 30.5 Å². The van der Waals surface area contributed by atoms with Crippen molar-refractivity contribution >= 4 is 5.91 Å². The second kappa shape index (κ2) is 8.28. The Bertz CT molecular complexity index is 635. The molecule has 1 aliphatic rings. The quantitative estimate of drug-likeness (QED) is 0.881. The molecule has 1 fully saturated rings. The average molecular weight is 338 g/mol. The standard InChI is InChI=1S/C21H26N2O2/c1-22(20(25)15-23-14-8-13-19(23)16-24)21(17-9-4-2-5-10-17)18-11-6-3-7-12-18/h2-7,9-12,19,21,24H,8,13-16H2,1H3. The van der Waals surface area contributed by atoms with Gasteiger partial charge in [-0.05, 0) is 30.5 Å². The molecule has 0 aromatic heterocycles. The third kappa shape index (κ3) is 4.09. The van der Waals surface area contributed by atoms with E-state index < -0.39 is 0 Å². The van der Waals surface area contributed by atoms with Crippen LogP contribution in [0.15, 0.2) is 60.7 Å². The van der Waals surface area contributed by atoms with Crippen LogP contribution in [0, 0.1) is 0 Å². The highest BCUT2D eigenvalue weighted by Crippen LogP contribution is 2.28. The normalized spacial score (nSPS) is 17.8. The monoisotopic (exact) mass is 338 g/mol. The van der Waals surface area contributed by atoms with Crippen LogP contribution >= 0.6 is 0 Å². The number of likely N-dealkylation sites (N-methyl/N-ethyl adjacent to an activating group) is 1. The van der Waals surface area contributed by atoms with Gasteiger partial charge in [0.25, 0.3) is 0 Å². The first-order valence-electron chi connectivity index (χ1n) is 8.91. The number of aliphatic hydroxyl groups is 1. The number of rotatable bonds is 6. The number of aliphatic hydroxyl groups excluding tert-OH is 1. The lowest BCUT2D eigenvalue weighted by Gasteiger charge is -2.32. The summed E-state index contributed by atoms with van der Waals surface area (Å²) in [5.74, 6) is 0.0815. The molecule has 0 bridgehead atoms. The molecule has 1 saturated heterocycles. The molecular weight excluding hydrogens is 312 g/mol. The van der Waals surface area contributed by atoms with Gasteiger partial charge in [0.2, 0.25) is 5.91 Å². The number of carbonyl (C=O) groups excluding carboxylic acids is 1. The highest BCUT2D eigenvalue weighted by molar-refractivity contribution is 5.79. The van der Waals surface area contributed by atoms with Gasteiger partial charge in [-0.1, -0.05) is 60.7 Å². The number of nitrogens with zero attached hydrogens (tertiary/aromatic N) is 2. The molecule has 1 aliphatic heterocycles. The highest BCUT2D eigenvalue weighted by Gasteiger charge is 2.29. The van der Waals surface area contributed by atoms with Crippen molar-refractivity contribution < 1.29 is 9.90 Å². The van der Waals surface area contributed by atoms with Crippen molar-refractivity contribution in [1.29, 1.82) is 0 Å². The number of amides is 1. The first kappa shape index (κ1) is 17.6. The molecule has 0 aliphatic carbocycles. The van der Waals surface area contributed by atoms with Gasteiger partial charge in [-0.15, -0.1) is 0 Å². The van der Waals surface area contributed by atoms with E-state index in [0.29, 0.717) is 6.54 Å². The molecular formula is C21H26N2O2. The maximum atomic E-state index is 13.0. The van der Waals surface area contributed by atoms with Gasteiger partial charge in [-0.25, -0.2) is 0 Å². The van der Waals surface area contributed by atoms with Crippen molar-refractivity contribution in [2.75, 3.05) is 26.7 Å². The second-order valence-corrected chi connectivity index (χ2v) is 6.68. The maximum Gasteiger partial charge on any atom is 0.237 e. The van der Waals surface area contributed by atoms with E-state index in [1.54, 1.807) is 0 Å². The molecule has 2 aromatic rings. The molecule has 1 atom stereocenters. The first-order chi connectivity index (χ1) is 12.2. The summed E-state index contributed by atoms with van der Waals surface area (Å²) in [6.07, 6.45) is 2.01. The molecule has 2 aromatic carbocycles. The van der Waals surface area contributed by atoms with Gasteiger partial charge in [-0.2, -0.15) is 0 Å². The Morgan fingerprint density at radius 1 is 1.12 bits per heavy atom. The second-order valence-electron chi connectivity index (χ2n) is 6.68. The smallest absolute Gasteiger partial charge is 0.237 e. The molecule has 1 amide bonds. The van der Waals surface area contributed by atoms with Crippen molar-refractivity contribution in [2.45, 2.75) is 24.9 Å². The van der Waals surface area contributed by atoms with E-state index in [1.165, 1.54) is 0 Å². The van der Waals surface area contributed by atoms with Crippen LogP contribution in [0.5, 0.6) is 0 Å². The molecule has 4 heteroatoms. The summed E-state index contributed by atoms with van der Waals surface area (Å²) in [7, 11) is 1.87. The molecule has 0 radical (unpaired) electrons. The zero-order valence-electron chi connectivity index (χ0n) is 14.7. The fraction of sp³-hybridized carbons (Fsp3) is 0.381. The zero-order valence-corrected chi connectivity index (χ0v) is 14.7. The van der Waals surface area contributed by atoms with Gasteiger partial charge in [-0.3, -0.25) is 9.69 Å². The molecule has 25 heavy (non-hydrogen) atoms. The topological polar surface area (TPSA) is 43.8 Å². The molecule has 0 saturated carbocycles. The van der Waals surface area contributed by atoms with Gasteiger partial charge >= 0.3 is 0 Å². The summed E-state index contributed by atoms with van der Waals surface area (Å²) in [5.41, 5.74) is 2.20. The summed E-state index contributed by atoms with van der Waals surface area (Å²) >= 11 is 0. The van der Waals surface area contributed by atoms with E-state index >= 15 is 0 Å². The molecule has 0 spiro atoms. The summed E-state index contributed by atoms with van der Waals surface area (Å²) in [6.45, 7) is 1.36. The Balaban J connectivity index is 1.82. The Morgan fingerprint density at radius 2 is 1.68 bits per heavy atom. The van der Waals surface area contributed by atoms with Crippen LogP contribution in [-0.2, 0) is 4.79 Å². The number of carbonyl (C=O) groups is 1. The van der Waals surface area contributed by atoms with Gasteiger partial charge in [0.1, 0.15) is 0 Å². The molecule has 4 nitrogen and oxygen atoms in total. The van der Waals surface area contributed by atoms with Crippen LogP contribution in [0.2, 0.25) is 0 Å². The lowest BCUT2D eigenvalue weighted by molar-refractivity contribution is -0.133. The van der Waals surface area contributed by atoms with Crippen molar-refractivity contribution in [2.24, 2.45) is 0 Å². The third-order valence-corrected chi connectivity index (χ3v) is 5.06. The van der Waals surface area contributed by atoms with Gasteiger partial charge < -0.3 is 10.0 Å². The molecule has 1 heterocycles. The van der Waals surface area contributed by atoms with Crippen LogP contribution in [0.4, 0.5) is 0 Å². The Kier molecular flexibility index (Phi) is 5.84. The number of hydrogen-bond acceptors (Lipinski definition) is 3. The molecule has 132 valence electrons. The van der Waals surface area contributed by atoms with Crippen LogP contribution in [0.1, 0.15) is 30.0 Å². The summed E-state index contributed by atoms with van der Waals surface area (Å²) in [4.78, 5) is 16.9. The predicted octanol–water partition coefficient (Wildman–Crippen LogP) is 2.69. The first-order valence-corrected chi connectivity index (χ1v) is 8.91.